The second-order valence-electron chi connectivity index (χ2n) is 3.65. The Bertz CT molecular complexity index is 321. The van der Waals surface area contributed by atoms with Crippen molar-refractivity contribution in [2.75, 3.05) is 14.1 Å². The van der Waals surface area contributed by atoms with Crippen molar-refractivity contribution in [1.29, 1.82) is 0 Å². The SMILES string of the molecule is CN(C)Cc1ccccc1CC(N)=S. The maximum absolute atomic E-state index is 5.54. The molecule has 0 unspecified atom stereocenters. The van der Waals surface area contributed by atoms with E-state index < -0.39 is 0 Å². The van der Waals surface area contributed by atoms with Crippen LogP contribution in [0.25, 0.3) is 0 Å². The molecule has 0 saturated heterocycles. The molecule has 1 aromatic rings. The van der Waals surface area contributed by atoms with E-state index in [9.17, 15) is 0 Å². The lowest BCUT2D eigenvalue weighted by Crippen LogP contribution is -2.16. The lowest BCUT2D eigenvalue weighted by atomic mass is 10.0. The van der Waals surface area contributed by atoms with E-state index in [1.165, 1.54) is 11.1 Å². The van der Waals surface area contributed by atoms with Gasteiger partial charge >= 0.3 is 0 Å². The molecule has 3 heteroatoms. The molecule has 0 amide bonds. The molecule has 76 valence electrons. The van der Waals surface area contributed by atoms with Gasteiger partial charge in [-0.3, -0.25) is 0 Å². The second kappa shape index (κ2) is 5.08. The van der Waals surface area contributed by atoms with Crippen LogP contribution in [0.2, 0.25) is 0 Å². The Labute approximate surface area is 90.7 Å². The summed E-state index contributed by atoms with van der Waals surface area (Å²) in [6, 6.07) is 8.26. The molecule has 0 bridgehead atoms. The number of hydrogen-bond donors (Lipinski definition) is 1. The molecule has 0 aliphatic heterocycles. The third kappa shape index (κ3) is 3.44. The van der Waals surface area contributed by atoms with E-state index >= 15 is 0 Å². The third-order valence-corrected chi connectivity index (χ3v) is 2.11. The molecule has 2 N–H and O–H groups in total. The van der Waals surface area contributed by atoms with Crippen molar-refractivity contribution < 1.29 is 0 Å². The highest BCUT2D eigenvalue weighted by molar-refractivity contribution is 7.80. The summed E-state index contributed by atoms with van der Waals surface area (Å²) >= 11 is 4.91. The zero-order valence-electron chi connectivity index (χ0n) is 8.66. The van der Waals surface area contributed by atoms with Gasteiger partial charge in [-0.1, -0.05) is 36.5 Å². The zero-order chi connectivity index (χ0) is 10.6. The summed E-state index contributed by atoms with van der Waals surface area (Å²) in [5, 5.41) is 0. The summed E-state index contributed by atoms with van der Waals surface area (Å²) in [4.78, 5) is 2.69. The van der Waals surface area contributed by atoms with Crippen LogP contribution < -0.4 is 5.73 Å². The summed E-state index contributed by atoms with van der Waals surface area (Å²) in [6.07, 6.45) is 0.694. The Morgan fingerprint density at radius 1 is 1.29 bits per heavy atom. The van der Waals surface area contributed by atoms with Crippen LogP contribution in [0, 0.1) is 0 Å². The molecule has 0 atom stereocenters. The van der Waals surface area contributed by atoms with Gasteiger partial charge in [0.15, 0.2) is 0 Å². The van der Waals surface area contributed by atoms with Crippen LogP contribution in [-0.2, 0) is 13.0 Å². The van der Waals surface area contributed by atoms with Gasteiger partial charge in [-0.2, -0.15) is 0 Å². The van der Waals surface area contributed by atoms with Crippen molar-refractivity contribution in [3.8, 4) is 0 Å². The normalized spacial score (nSPS) is 10.5. The monoisotopic (exact) mass is 208 g/mol. The molecular weight excluding hydrogens is 192 g/mol. The molecule has 0 aliphatic rings. The van der Waals surface area contributed by atoms with Crippen LogP contribution in [0.3, 0.4) is 0 Å². The molecule has 0 radical (unpaired) electrons. The third-order valence-electron chi connectivity index (χ3n) is 1.97. The van der Waals surface area contributed by atoms with Crippen LogP contribution in [0.1, 0.15) is 11.1 Å². The van der Waals surface area contributed by atoms with Gasteiger partial charge in [0.05, 0.1) is 4.99 Å². The van der Waals surface area contributed by atoms with Crippen LogP contribution in [0.4, 0.5) is 0 Å². The minimum Gasteiger partial charge on any atom is -0.393 e. The second-order valence-corrected chi connectivity index (χ2v) is 4.17. The van der Waals surface area contributed by atoms with E-state index in [1.54, 1.807) is 0 Å². The summed E-state index contributed by atoms with van der Waals surface area (Å²) in [5.74, 6) is 0. The lowest BCUT2D eigenvalue weighted by Gasteiger charge is -2.13. The van der Waals surface area contributed by atoms with Crippen LogP contribution in [0.5, 0.6) is 0 Å². The minimum absolute atomic E-state index is 0.552. The van der Waals surface area contributed by atoms with Gasteiger partial charge in [0, 0.05) is 13.0 Å². The number of thiocarbonyl (C=S) groups is 1. The maximum Gasteiger partial charge on any atom is 0.0771 e. The summed E-state index contributed by atoms with van der Waals surface area (Å²) in [6.45, 7) is 0.929. The Morgan fingerprint density at radius 2 is 1.86 bits per heavy atom. The summed E-state index contributed by atoms with van der Waals surface area (Å²) < 4.78 is 0. The Hall–Kier alpha value is -0.930. The predicted molar refractivity (Wildman–Crippen MR) is 64.3 cm³/mol. The number of benzene rings is 1. The van der Waals surface area contributed by atoms with E-state index in [2.05, 4.69) is 31.1 Å². The zero-order valence-corrected chi connectivity index (χ0v) is 9.47. The standard InChI is InChI=1S/C11H16N2S/c1-13(2)8-10-6-4-3-5-9(10)7-11(12)14/h3-6H,7-8H2,1-2H3,(H2,12,14). The first-order valence-corrected chi connectivity index (χ1v) is 5.00. The molecule has 0 saturated carbocycles. The van der Waals surface area contributed by atoms with E-state index in [-0.39, 0.29) is 0 Å². The molecule has 1 rings (SSSR count). The summed E-state index contributed by atoms with van der Waals surface area (Å²) in [5.41, 5.74) is 8.07. The molecule has 0 heterocycles. The van der Waals surface area contributed by atoms with Crippen LogP contribution in [-0.4, -0.2) is 24.0 Å². The maximum atomic E-state index is 5.54. The average molecular weight is 208 g/mol. The summed E-state index contributed by atoms with van der Waals surface area (Å²) in [7, 11) is 4.11. The molecule has 14 heavy (non-hydrogen) atoms. The van der Waals surface area contributed by atoms with Gasteiger partial charge in [0.1, 0.15) is 0 Å². The number of nitrogens with two attached hydrogens (primary N) is 1. The highest BCUT2D eigenvalue weighted by atomic mass is 32.1. The van der Waals surface area contributed by atoms with Crippen molar-refractivity contribution >= 4 is 17.2 Å². The molecular formula is C11H16N2S. The lowest BCUT2D eigenvalue weighted by molar-refractivity contribution is 0.401. The fourth-order valence-electron chi connectivity index (χ4n) is 1.41. The van der Waals surface area contributed by atoms with E-state index in [4.69, 9.17) is 18.0 Å². The van der Waals surface area contributed by atoms with Gasteiger partial charge in [-0.15, -0.1) is 0 Å². The van der Waals surface area contributed by atoms with Crippen LogP contribution in [0.15, 0.2) is 24.3 Å². The van der Waals surface area contributed by atoms with Crippen LogP contribution >= 0.6 is 12.2 Å². The van der Waals surface area contributed by atoms with Crippen molar-refractivity contribution in [3.63, 3.8) is 0 Å². The number of rotatable bonds is 4. The van der Waals surface area contributed by atoms with Gasteiger partial charge < -0.3 is 10.6 Å². The first-order valence-electron chi connectivity index (χ1n) is 4.59. The van der Waals surface area contributed by atoms with Crippen molar-refractivity contribution in [2.24, 2.45) is 5.73 Å². The van der Waals surface area contributed by atoms with Gasteiger partial charge in [-0.05, 0) is 25.2 Å². The van der Waals surface area contributed by atoms with Gasteiger partial charge in [0.2, 0.25) is 0 Å². The molecule has 0 spiro atoms. The molecule has 0 fully saturated rings. The van der Waals surface area contributed by atoms with Gasteiger partial charge in [-0.25, -0.2) is 0 Å². The Kier molecular flexibility index (Phi) is 4.04. The van der Waals surface area contributed by atoms with E-state index in [1.807, 2.05) is 12.1 Å². The Balaban J connectivity index is 2.85. The minimum atomic E-state index is 0.552. The first-order chi connectivity index (χ1) is 6.59. The number of hydrogen-bond acceptors (Lipinski definition) is 2. The fourth-order valence-corrected chi connectivity index (χ4v) is 1.57. The van der Waals surface area contributed by atoms with Crippen molar-refractivity contribution in [2.45, 2.75) is 13.0 Å². The smallest absolute Gasteiger partial charge is 0.0771 e. The largest absolute Gasteiger partial charge is 0.393 e. The molecule has 0 aromatic heterocycles. The molecule has 0 aliphatic carbocycles. The fraction of sp³-hybridized carbons (Fsp3) is 0.364. The molecule has 2 nitrogen and oxygen atoms in total. The van der Waals surface area contributed by atoms with E-state index in [0.29, 0.717) is 11.4 Å². The topological polar surface area (TPSA) is 29.3 Å². The highest BCUT2D eigenvalue weighted by Crippen LogP contribution is 2.11. The number of nitrogens with zero attached hydrogens (tertiary/aromatic N) is 1. The highest BCUT2D eigenvalue weighted by Gasteiger charge is 2.03. The molecule has 1 aromatic carbocycles. The quantitative estimate of drug-likeness (QED) is 0.762. The van der Waals surface area contributed by atoms with Crippen molar-refractivity contribution in [3.05, 3.63) is 35.4 Å². The first kappa shape index (κ1) is 11.1. The Morgan fingerprint density at radius 3 is 2.36 bits per heavy atom. The predicted octanol–water partition coefficient (Wildman–Crippen LogP) is 1.58. The van der Waals surface area contributed by atoms with E-state index in [0.717, 1.165) is 6.54 Å². The average Bonchev–Trinajstić information content (AvgIpc) is 2.06. The van der Waals surface area contributed by atoms with Gasteiger partial charge in [0.25, 0.3) is 0 Å². The van der Waals surface area contributed by atoms with Crippen molar-refractivity contribution in [1.82, 2.24) is 4.90 Å².